The Morgan fingerprint density at radius 3 is 2.76 bits per heavy atom. The molecular weight excluding hydrogens is 402 g/mol. The van der Waals surface area contributed by atoms with Crippen LogP contribution in [0.2, 0.25) is 5.02 Å². The number of fused-ring (bicyclic) bond motifs is 1. The van der Waals surface area contributed by atoms with E-state index in [1.807, 2.05) is 24.5 Å². The maximum atomic E-state index is 6.26. The lowest BCUT2D eigenvalue weighted by Gasteiger charge is -2.26. The van der Waals surface area contributed by atoms with Crippen molar-refractivity contribution in [2.24, 2.45) is 0 Å². The molecule has 29 heavy (non-hydrogen) atoms. The fourth-order valence-electron chi connectivity index (χ4n) is 4.00. The van der Waals surface area contributed by atoms with Gasteiger partial charge in [0.15, 0.2) is 0 Å². The van der Waals surface area contributed by atoms with Crippen LogP contribution in [0.25, 0.3) is 33.2 Å². The minimum atomic E-state index is 0.746. The molecule has 3 aromatic heterocycles. The van der Waals surface area contributed by atoms with Crippen molar-refractivity contribution < 1.29 is 4.74 Å². The molecule has 0 radical (unpaired) electrons. The average molecular weight is 424 g/mol. The number of aromatic nitrogens is 2. The molecular formula is C23H22ClN3OS. The number of morpholine rings is 1. The summed E-state index contributed by atoms with van der Waals surface area (Å²) in [7, 11) is 0. The highest BCUT2D eigenvalue weighted by molar-refractivity contribution is 7.08. The molecule has 0 amide bonds. The quantitative estimate of drug-likeness (QED) is 0.461. The van der Waals surface area contributed by atoms with Crippen LogP contribution in [0.15, 0.2) is 53.5 Å². The first-order valence-electron chi connectivity index (χ1n) is 9.86. The van der Waals surface area contributed by atoms with Crippen LogP contribution in [0.5, 0.6) is 0 Å². The number of nitrogens with zero attached hydrogens (tertiary/aromatic N) is 2. The predicted molar refractivity (Wildman–Crippen MR) is 121 cm³/mol. The minimum absolute atomic E-state index is 0.746. The Hall–Kier alpha value is -2.18. The van der Waals surface area contributed by atoms with Crippen molar-refractivity contribution in [1.29, 1.82) is 0 Å². The van der Waals surface area contributed by atoms with E-state index in [4.69, 9.17) is 16.3 Å². The van der Waals surface area contributed by atoms with Crippen LogP contribution in [-0.2, 0) is 11.2 Å². The number of halogens is 1. The Labute approximate surface area is 179 Å². The molecule has 6 heteroatoms. The molecule has 148 valence electrons. The number of hydrogen-bond acceptors (Lipinski definition) is 4. The smallest absolute Gasteiger partial charge is 0.0594 e. The van der Waals surface area contributed by atoms with E-state index in [2.05, 4.69) is 43.8 Å². The van der Waals surface area contributed by atoms with Gasteiger partial charge in [0.25, 0.3) is 0 Å². The van der Waals surface area contributed by atoms with Gasteiger partial charge in [0.2, 0.25) is 0 Å². The summed E-state index contributed by atoms with van der Waals surface area (Å²) in [5.41, 5.74) is 7.03. The molecule has 5 rings (SSSR count). The molecule has 4 heterocycles. The Bertz CT molecular complexity index is 1120. The first kappa shape index (κ1) is 18.8. The van der Waals surface area contributed by atoms with Gasteiger partial charge in [0.05, 0.1) is 13.2 Å². The Balaban J connectivity index is 1.55. The summed E-state index contributed by atoms with van der Waals surface area (Å²) >= 11 is 7.97. The molecule has 1 saturated heterocycles. The van der Waals surface area contributed by atoms with Crippen LogP contribution in [-0.4, -0.2) is 47.7 Å². The minimum Gasteiger partial charge on any atom is -0.379 e. The van der Waals surface area contributed by atoms with Gasteiger partial charge >= 0.3 is 0 Å². The number of H-pyrrole nitrogens is 1. The van der Waals surface area contributed by atoms with Crippen molar-refractivity contribution in [3.8, 4) is 22.3 Å². The number of pyridine rings is 1. The second-order valence-corrected chi connectivity index (χ2v) is 8.56. The van der Waals surface area contributed by atoms with Gasteiger partial charge in [-0.2, -0.15) is 11.3 Å². The molecule has 0 unspecified atom stereocenters. The first-order chi connectivity index (χ1) is 14.3. The zero-order chi connectivity index (χ0) is 19.6. The van der Waals surface area contributed by atoms with E-state index in [0.717, 1.165) is 60.9 Å². The van der Waals surface area contributed by atoms with Crippen molar-refractivity contribution >= 4 is 33.8 Å². The van der Waals surface area contributed by atoms with Crippen LogP contribution in [0.4, 0.5) is 0 Å². The van der Waals surface area contributed by atoms with Gasteiger partial charge in [-0.1, -0.05) is 17.7 Å². The van der Waals surface area contributed by atoms with Crippen LogP contribution >= 0.6 is 22.9 Å². The molecule has 0 bridgehead atoms. The third-order valence-electron chi connectivity index (χ3n) is 5.50. The lowest BCUT2D eigenvalue weighted by atomic mass is 9.99. The van der Waals surface area contributed by atoms with Crippen molar-refractivity contribution in [2.45, 2.75) is 6.42 Å². The van der Waals surface area contributed by atoms with Crippen molar-refractivity contribution in [2.75, 3.05) is 32.8 Å². The van der Waals surface area contributed by atoms with E-state index in [0.29, 0.717) is 0 Å². The predicted octanol–water partition coefficient (Wildman–Crippen LogP) is 5.49. The summed E-state index contributed by atoms with van der Waals surface area (Å²) < 4.78 is 5.48. The molecule has 1 N–H and O–H groups in total. The van der Waals surface area contributed by atoms with Crippen molar-refractivity contribution in [3.05, 3.63) is 64.2 Å². The van der Waals surface area contributed by atoms with Crippen molar-refractivity contribution in [1.82, 2.24) is 14.9 Å². The number of thiophene rings is 1. The summed E-state index contributed by atoms with van der Waals surface area (Å²) in [6.45, 7) is 4.64. The monoisotopic (exact) mass is 423 g/mol. The molecule has 0 aliphatic carbocycles. The third kappa shape index (κ3) is 3.96. The van der Waals surface area contributed by atoms with Crippen molar-refractivity contribution in [3.63, 3.8) is 0 Å². The van der Waals surface area contributed by atoms with Gasteiger partial charge in [0, 0.05) is 76.8 Å². The fourth-order valence-corrected chi connectivity index (χ4v) is 4.84. The summed E-state index contributed by atoms with van der Waals surface area (Å²) in [4.78, 5) is 10.6. The summed E-state index contributed by atoms with van der Waals surface area (Å²) in [6.07, 6.45) is 4.85. The number of ether oxygens (including phenoxy) is 1. The van der Waals surface area contributed by atoms with E-state index in [-0.39, 0.29) is 0 Å². The van der Waals surface area contributed by atoms with Crippen LogP contribution in [0.1, 0.15) is 5.69 Å². The molecule has 1 fully saturated rings. The van der Waals surface area contributed by atoms with Gasteiger partial charge in [-0.15, -0.1) is 0 Å². The van der Waals surface area contributed by atoms with Gasteiger partial charge in [-0.3, -0.25) is 9.88 Å². The second kappa shape index (κ2) is 8.28. The molecule has 0 spiro atoms. The molecule has 1 aliphatic heterocycles. The zero-order valence-electron chi connectivity index (χ0n) is 16.0. The summed E-state index contributed by atoms with van der Waals surface area (Å²) in [5.74, 6) is 0. The Morgan fingerprint density at radius 2 is 1.93 bits per heavy atom. The van der Waals surface area contributed by atoms with E-state index in [1.54, 1.807) is 11.3 Å². The van der Waals surface area contributed by atoms with Gasteiger partial charge in [0.1, 0.15) is 0 Å². The van der Waals surface area contributed by atoms with E-state index in [9.17, 15) is 0 Å². The number of aromatic amines is 1. The zero-order valence-corrected chi connectivity index (χ0v) is 17.6. The van der Waals surface area contributed by atoms with Gasteiger partial charge in [-0.05, 0) is 40.6 Å². The normalized spacial score (nSPS) is 15.2. The maximum absolute atomic E-state index is 6.26. The number of rotatable bonds is 5. The number of hydrogen-bond donors (Lipinski definition) is 1. The van der Waals surface area contributed by atoms with Crippen LogP contribution < -0.4 is 0 Å². The lowest BCUT2D eigenvalue weighted by molar-refractivity contribution is 0.0384. The van der Waals surface area contributed by atoms with Gasteiger partial charge < -0.3 is 9.72 Å². The third-order valence-corrected chi connectivity index (χ3v) is 6.42. The molecule has 1 aliphatic rings. The molecule has 0 saturated carbocycles. The van der Waals surface area contributed by atoms with Crippen LogP contribution in [0, 0.1) is 0 Å². The van der Waals surface area contributed by atoms with Gasteiger partial charge in [-0.25, -0.2) is 0 Å². The van der Waals surface area contributed by atoms with E-state index >= 15 is 0 Å². The Kier molecular flexibility index (Phi) is 5.38. The highest BCUT2D eigenvalue weighted by Crippen LogP contribution is 2.35. The molecule has 4 nitrogen and oxygen atoms in total. The van der Waals surface area contributed by atoms with E-state index in [1.165, 1.54) is 22.2 Å². The average Bonchev–Trinajstić information content (AvgIpc) is 3.41. The Morgan fingerprint density at radius 1 is 1.07 bits per heavy atom. The van der Waals surface area contributed by atoms with E-state index < -0.39 is 0 Å². The lowest BCUT2D eigenvalue weighted by Crippen LogP contribution is -2.37. The fraction of sp³-hybridized carbons (Fsp3) is 0.261. The molecule has 4 aromatic rings. The molecule has 0 atom stereocenters. The standard InChI is InChI=1S/C23H22ClN3OS/c24-19-1-2-20-22(12-19)26-21(3-5-27-6-8-28-9-7-27)23(20)18-11-17(13-25-14-18)16-4-10-29-15-16/h1-2,4,10-15,26H,3,5-9H2. The first-order valence-corrected chi connectivity index (χ1v) is 11.2. The second-order valence-electron chi connectivity index (χ2n) is 7.35. The number of benzene rings is 1. The SMILES string of the molecule is Clc1ccc2c(-c3cncc(-c4ccsc4)c3)c(CCN3CCOCC3)[nH]c2c1. The van der Waals surface area contributed by atoms with Crippen LogP contribution in [0.3, 0.4) is 0 Å². The highest BCUT2D eigenvalue weighted by atomic mass is 35.5. The highest BCUT2D eigenvalue weighted by Gasteiger charge is 2.17. The maximum Gasteiger partial charge on any atom is 0.0594 e. The summed E-state index contributed by atoms with van der Waals surface area (Å²) in [5, 5.41) is 6.20. The molecule has 1 aromatic carbocycles. The topological polar surface area (TPSA) is 41.2 Å². The number of nitrogens with one attached hydrogen (secondary N) is 1. The summed E-state index contributed by atoms with van der Waals surface area (Å²) in [6, 6.07) is 10.5. The largest absolute Gasteiger partial charge is 0.379 e.